The van der Waals surface area contributed by atoms with Gasteiger partial charge in [-0.25, -0.2) is 4.39 Å². The zero-order valence-corrected chi connectivity index (χ0v) is 10.1. The molecule has 0 spiro atoms. The second-order valence-corrected chi connectivity index (χ2v) is 4.25. The number of hydrogen-bond donors (Lipinski definition) is 1. The van der Waals surface area contributed by atoms with Crippen molar-refractivity contribution in [3.8, 4) is 0 Å². The minimum Gasteiger partial charge on any atom is -0.361 e. The molecule has 0 aliphatic carbocycles. The van der Waals surface area contributed by atoms with Crippen molar-refractivity contribution in [2.75, 3.05) is 0 Å². The van der Waals surface area contributed by atoms with E-state index >= 15 is 0 Å². The van der Waals surface area contributed by atoms with Gasteiger partial charge in [-0.3, -0.25) is 0 Å². The lowest BCUT2D eigenvalue weighted by Gasteiger charge is -2.03. The largest absolute Gasteiger partial charge is 0.361 e. The highest BCUT2D eigenvalue weighted by Crippen LogP contribution is 2.14. The molecule has 0 aliphatic heterocycles. The van der Waals surface area contributed by atoms with Gasteiger partial charge < -0.3 is 9.84 Å². The molecule has 3 nitrogen and oxygen atoms in total. The first-order chi connectivity index (χ1) is 8.13. The van der Waals surface area contributed by atoms with Crippen molar-refractivity contribution < 1.29 is 8.91 Å². The molecule has 0 fully saturated rings. The molecule has 17 heavy (non-hydrogen) atoms. The van der Waals surface area contributed by atoms with Crippen LogP contribution >= 0.6 is 11.6 Å². The van der Waals surface area contributed by atoms with Crippen molar-refractivity contribution in [3.05, 3.63) is 52.1 Å². The summed E-state index contributed by atoms with van der Waals surface area (Å²) in [7, 11) is 0. The van der Waals surface area contributed by atoms with Crippen molar-refractivity contribution in [1.29, 1.82) is 0 Å². The van der Waals surface area contributed by atoms with E-state index in [2.05, 4.69) is 10.5 Å². The number of aryl methyl sites for hydroxylation is 1. The van der Waals surface area contributed by atoms with Crippen molar-refractivity contribution in [3.63, 3.8) is 0 Å². The highest BCUT2D eigenvalue weighted by atomic mass is 35.5. The molecule has 0 bridgehead atoms. The minimum absolute atomic E-state index is 0.327. The first-order valence-electron chi connectivity index (χ1n) is 5.21. The van der Waals surface area contributed by atoms with Crippen LogP contribution in [-0.2, 0) is 13.1 Å². The highest BCUT2D eigenvalue weighted by molar-refractivity contribution is 6.30. The van der Waals surface area contributed by atoms with Gasteiger partial charge in [0.2, 0.25) is 0 Å². The van der Waals surface area contributed by atoms with Crippen LogP contribution in [0.25, 0.3) is 0 Å². The molecule has 0 aliphatic rings. The SMILES string of the molecule is Cc1cc(CNCc2cc(F)cc(Cl)c2)no1. The lowest BCUT2D eigenvalue weighted by molar-refractivity contribution is 0.388. The fraction of sp³-hybridized carbons (Fsp3) is 0.250. The van der Waals surface area contributed by atoms with E-state index in [0.29, 0.717) is 18.1 Å². The fourth-order valence-corrected chi connectivity index (χ4v) is 1.79. The van der Waals surface area contributed by atoms with Gasteiger partial charge in [-0.2, -0.15) is 0 Å². The van der Waals surface area contributed by atoms with Gasteiger partial charge in [0.05, 0.1) is 5.69 Å². The topological polar surface area (TPSA) is 38.1 Å². The predicted octanol–water partition coefficient (Wildman–Crippen LogP) is 3.07. The van der Waals surface area contributed by atoms with Crippen molar-refractivity contribution in [2.24, 2.45) is 0 Å². The molecule has 0 amide bonds. The second kappa shape index (κ2) is 5.29. The highest BCUT2D eigenvalue weighted by Gasteiger charge is 2.01. The van der Waals surface area contributed by atoms with Crippen molar-refractivity contribution >= 4 is 11.6 Å². The monoisotopic (exact) mass is 254 g/mol. The second-order valence-electron chi connectivity index (χ2n) is 3.81. The third-order valence-corrected chi connectivity index (χ3v) is 2.45. The smallest absolute Gasteiger partial charge is 0.133 e. The zero-order chi connectivity index (χ0) is 12.3. The third-order valence-electron chi connectivity index (χ3n) is 2.23. The Morgan fingerprint density at radius 3 is 2.76 bits per heavy atom. The number of nitrogens with zero attached hydrogens (tertiary/aromatic N) is 1. The average Bonchev–Trinajstić information content (AvgIpc) is 2.63. The van der Waals surface area contributed by atoms with E-state index in [1.165, 1.54) is 12.1 Å². The zero-order valence-electron chi connectivity index (χ0n) is 9.34. The Morgan fingerprint density at radius 1 is 1.29 bits per heavy atom. The van der Waals surface area contributed by atoms with Crippen LogP contribution in [0.1, 0.15) is 17.0 Å². The van der Waals surface area contributed by atoms with Crippen LogP contribution in [0, 0.1) is 12.7 Å². The van der Waals surface area contributed by atoms with Crippen LogP contribution < -0.4 is 5.32 Å². The van der Waals surface area contributed by atoms with E-state index in [9.17, 15) is 4.39 Å². The van der Waals surface area contributed by atoms with Gasteiger partial charge in [0, 0.05) is 24.2 Å². The molecule has 1 aromatic carbocycles. The van der Waals surface area contributed by atoms with E-state index < -0.39 is 0 Å². The van der Waals surface area contributed by atoms with Crippen molar-refractivity contribution in [2.45, 2.75) is 20.0 Å². The van der Waals surface area contributed by atoms with E-state index in [0.717, 1.165) is 17.0 Å². The maximum atomic E-state index is 13.0. The van der Waals surface area contributed by atoms with E-state index in [1.807, 2.05) is 13.0 Å². The molecule has 0 saturated heterocycles. The molecular weight excluding hydrogens is 243 g/mol. The van der Waals surface area contributed by atoms with Gasteiger partial charge in [0.1, 0.15) is 11.6 Å². The van der Waals surface area contributed by atoms with Gasteiger partial charge in [0.15, 0.2) is 0 Å². The molecule has 0 unspecified atom stereocenters. The molecule has 0 saturated carbocycles. The molecule has 1 N–H and O–H groups in total. The summed E-state index contributed by atoms with van der Waals surface area (Å²) in [4.78, 5) is 0. The average molecular weight is 255 g/mol. The van der Waals surface area contributed by atoms with Gasteiger partial charge in [-0.05, 0) is 30.7 Å². The minimum atomic E-state index is -0.327. The Kier molecular flexibility index (Phi) is 3.76. The molecule has 90 valence electrons. The lowest BCUT2D eigenvalue weighted by Crippen LogP contribution is -2.13. The summed E-state index contributed by atoms with van der Waals surface area (Å²) >= 11 is 5.75. The van der Waals surface area contributed by atoms with Crippen LogP contribution in [0.2, 0.25) is 5.02 Å². The maximum absolute atomic E-state index is 13.0. The standard InChI is InChI=1S/C12H12ClFN2O/c1-8-2-12(16-17-8)7-15-6-9-3-10(13)5-11(14)4-9/h2-5,15H,6-7H2,1H3. The molecule has 0 atom stereocenters. The molecular formula is C12H12ClFN2O. The number of aromatic nitrogens is 1. The molecule has 2 rings (SSSR count). The number of nitrogens with one attached hydrogen (secondary N) is 1. The molecule has 5 heteroatoms. The number of benzene rings is 1. The summed E-state index contributed by atoms with van der Waals surface area (Å²) in [6.45, 7) is 2.94. The Balaban J connectivity index is 1.89. The van der Waals surface area contributed by atoms with E-state index in [4.69, 9.17) is 16.1 Å². The van der Waals surface area contributed by atoms with Crippen molar-refractivity contribution in [1.82, 2.24) is 10.5 Å². The quantitative estimate of drug-likeness (QED) is 0.911. The van der Waals surface area contributed by atoms with Gasteiger partial charge >= 0.3 is 0 Å². The normalized spacial score (nSPS) is 10.8. The first kappa shape index (κ1) is 12.1. The lowest BCUT2D eigenvalue weighted by atomic mass is 10.2. The summed E-state index contributed by atoms with van der Waals surface area (Å²) in [5, 5.41) is 7.38. The maximum Gasteiger partial charge on any atom is 0.133 e. The van der Waals surface area contributed by atoms with Gasteiger partial charge in [-0.1, -0.05) is 16.8 Å². The van der Waals surface area contributed by atoms with E-state index in [1.54, 1.807) is 6.07 Å². The number of halogens is 2. The van der Waals surface area contributed by atoms with Gasteiger partial charge in [-0.15, -0.1) is 0 Å². The summed E-state index contributed by atoms with van der Waals surface area (Å²) in [5.41, 5.74) is 1.63. The molecule has 2 aromatic rings. The number of hydrogen-bond acceptors (Lipinski definition) is 3. The Morgan fingerprint density at radius 2 is 2.12 bits per heavy atom. The molecule has 1 heterocycles. The van der Waals surface area contributed by atoms with Crippen LogP contribution in [0.4, 0.5) is 4.39 Å². The fourth-order valence-electron chi connectivity index (χ4n) is 1.55. The Hall–Kier alpha value is -1.39. The first-order valence-corrected chi connectivity index (χ1v) is 5.59. The summed E-state index contributed by atoms with van der Waals surface area (Å²) in [5.74, 6) is 0.446. The molecule has 1 aromatic heterocycles. The van der Waals surface area contributed by atoms with Crippen LogP contribution in [0.15, 0.2) is 28.8 Å². The Labute approximate surface area is 104 Å². The molecule has 0 radical (unpaired) electrons. The van der Waals surface area contributed by atoms with Gasteiger partial charge in [0.25, 0.3) is 0 Å². The number of rotatable bonds is 4. The van der Waals surface area contributed by atoms with Crippen LogP contribution in [-0.4, -0.2) is 5.16 Å². The summed E-state index contributed by atoms with van der Waals surface area (Å²) < 4.78 is 18.0. The van der Waals surface area contributed by atoms with E-state index in [-0.39, 0.29) is 5.82 Å². The van der Waals surface area contributed by atoms with Crippen LogP contribution in [0.5, 0.6) is 0 Å². The predicted molar refractivity (Wildman–Crippen MR) is 63.2 cm³/mol. The summed E-state index contributed by atoms with van der Waals surface area (Å²) in [6, 6.07) is 6.32. The van der Waals surface area contributed by atoms with Crippen LogP contribution in [0.3, 0.4) is 0 Å². The summed E-state index contributed by atoms with van der Waals surface area (Å²) in [6.07, 6.45) is 0. The third kappa shape index (κ3) is 3.54. The Bertz CT molecular complexity index is 493.